The van der Waals surface area contributed by atoms with Gasteiger partial charge in [0.25, 0.3) is 0 Å². The number of hydrogen-bond acceptors (Lipinski definition) is 0. The van der Waals surface area contributed by atoms with Crippen LogP contribution in [0.3, 0.4) is 0 Å². The highest BCUT2D eigenvalue weighted by Gasteiger charge is 2.05. The van der Waals surface area contributed by atoms with E-state index in [1.165, 1.54) is 116 Å². The van der Waals surface area contributed by atoms with E-state index in [-0.39, 0.29) is 0 Å². The molecule has 0 aliphatic carbocycles. The first kappa shape index (κ1) is 24.0. The molecule has 0 bridgehead atoms. The van der Waals surface area contributed by atoms with Gasteiger partial charge in [0, 0.05) is 0 Å². The van der Waals surface area contributed by atoms with Crippen LogP contribution in [0, 0.1) is 19.8 Å². The summed E-state index contributed by atoms with van der Waals surface area (Å²) in [5, 5.41) is 0. The second kappa shape index (κ2) is 21.0. The molecule has 0 N–H and O–H groups in total. The van der Waals surface area contributed by atoms with E-state index in [4.69, 9.17) is 0 Å². The van der Waals surface area contributed by atoms with Gasteiger partial charge in [-0.15, -0.1) is 0 Å². The lowest BCUT2D eigenvalue weighted by molar-refractivity contribution is 0.394. The fraction of sp³-hybridized carbons (Fsp3) is 0.917. The summed E-state index contributed by atoms with van der Waals surface area (Å²) in [5.41, 5.74) is 0. The molecule has 0 aliphatic rings. The van der Waals surface area contributed by atoms with E-state index in [1.54, 1.807) is 0 Å². The first-order valence-corrected chi connectivity index (χ1v) is 11.4. The first-order chi connectivity index (χ1) is 11.8. The van der Waals surface area contributed by atoms with Gasteiger partial charge in [-0.05, 0) is 5.92 Å². The third-order valence-corrected chi connectivity index (χ3v) is 5.55. The molecule has 0 amide bonds. The predicted molar refractivity (Wildman–Crippen MR) is 112 cm³/mol. The van der Waals surface area contributed by atoms with Crippen molar-refractivity contribution in [3.8, 4) is 0 Å². The van der Waals surface area contributed by atoms with Crippen molar-refractivity contribution >= 4 is 0 Å². The van der Waals surface area contributed by atoms with E-state index in [9.17, 15) is 0 Å². The molecule has 0 nitrogen and oxygen atoms in total. The Kier molecular flexibility index (Phi) is 21.0. The van der Waals surface area contributed by atoms with Crippen molar-refractivity contribution < 1.29 is 0 Å². The lowest BCUT2D eigenvalue weighted by Gasteiger charge is -2.14. The Morgan fingerprint density at radius 1 is 0.458 bits per heavy atom. The largest absolute Gasteiger partial charge is 0.0651 e. The summed E-state index contributed by atoms with van der Waals surface area (Å²) in [6.07, 6.45) is 28.1. The number of hydrogen-bond donors (Lipinski definition) is 0. The summed E-state index contributed by atoms with van der Waals surface area (Å²) in [6.45, 7) is 10.2. The zero-order chi connectivity index (χ0) is 17.7. The van der Waals surface area contributed by atoms with Crippen LogP contribution in [0.5, 0.6) is 0 Å². The lowest BCUT2D eigenvalue weighted by Crippen LogP contribution is -1.99. The molecule has 1 unspecified atom stereocenters. The normalized spacial score (nSPS) is 12.6. The van der Waals surface area contributed by atoms with Crippen LogP contribution in [0.2, 0.25) is 0 Å². The van der Waals surface area contributed by atoms with Gasteiger partial charge in [-0.25, -0.2) is 0 Å². The lowest BCUT2D eigenvalue weighted by atomic mass is 9.92. The minimum absolute atomic E-state index is 0.998. The van der Waals surface area contributed by atoms with Gasteiger partial charge >= 0.3 is 0 Å². The monoisotopic (exact) mass is 336 g/mol. The van der Waals surface area contributed by atoms with Crippen molar-refractivity contribution in [2.75, 3.05) is 0 Å². The molecule has 0 spiro atoms. The highest BCUT2D eigenvalue weighted by Crippen LogP contribution is 2.21. The molecule has 2 radical (unpaired) electrons. The Labute approximate surface area is 155 Å². The van der Waals surface area contributed by atoms with Gasteiger partial charge in [-0.2, -0.15) is 0 Å². The van der Waals surface area contributed by atoms with Crippen LogP contribution in [-0.4, -0.2) is 0 Å². The van der Waals surface area contributed by atoms with Gasteiger partial charge in [0.1, 0.15) is 0 Å². The Balaban J connectivity index is 3.20. The zero-order valence-corrected chi connectivity index (χ0v) is 17.1. The Morgan fingerprint density at radius 2 is 0.750 bits per heavy atom. The maximum atomic E-state index is 3.94. The molecule has 0 aromatic heterocycles. The standard InChI is InChI=1S/C24H48/c1-4-7-9-11-12-13-14-15-16-17-18-19-21-23-24(6-3)22-20-10-8-5-2/h24H,1-2,4-23H2,3H3. The molecule has 0 saturated carbocycles. The van der Waals surface area contributed by atoms with Crippen molar-refractivity contribution in [2.24, 2.45) is 5.92 Å². The SMILES string of the molecule is [CH2]CCCCCCCCCCCCCCC(CC)CCCCC[CH2]. The summed E-state index contributed by atoms with van der Waals surface area (Å²) in [4.78, 5) is 0. The summed E-state index contributed by atoms with van der Waals surface area (Å²) < 4.78 is 0. The molecule has 1 atom stereocenters. The van der Waals surface area contributed by atoms with E-state index >= 15 is 0 Å². The van der Waals surface area contributed by atoms with Crippen LogP contribution in [-0.2, 0) is 0 Å². The van der Waals surface area contributed by atoms with Crippen LogP contribution in [0.25, 0.3) is 0 Å². The second-order valence-electron chi connectivity index (χ2n) is 7.86. The van der Waals surface area contributed by atoms with Crippen LogP contribution in [0.4, 0.5) is 0 Å². The Morgan fingerprint density at radius 3 is 1.08 bits per heavy atom. The Hall–Kier alpha value is 0. The fourth-order valence-electron chi connectivity index (χ4n) is 3.72. The minimum Gasteiger partial charge on any atom is -0.0651 e. The molecule has 0 fully saturated rings. The molecular weight excluding hydrogens is 288 g/mol. The first-order valence-electron chi connectivity index (χ1n) is 11.4. The summed E-state index contributed by atoms with van der Waals surface area (Å²) in [5.74, 6) is 0.998. The maximum Gasteiger partial charge on any atom is -0.0417 e. The van der Waals surface area contributed by atoms with Gasteiger partial charge in [0.05, 0.1) is 0 Å². The van der Waals surface area contributed by atoms with Gasteiger partial charge in [-0.3, -0.25) is 0 Å². The molecule has 0 aromatic rings. The average molecular weight is 337 g/mol. The van der Waals surface area contributed by atoms with Crippen LogP contribution in [0.1, 0.15) is 135 Å². The third-order valence-electron chi connectivity index (χ3n) is 5.55. The summed E-state index contributed by atoms with van der Waals surface area (Å²) >= 11 is 0. The second-order valence-corrected chi connectivity index (χ2v) is 7.86. The van der Waals surface area contributed by atoms with E-state index in [2.05, 4.69) is 20.8 Å². The number of unbranched alkanes of at least 4 members (excludes halogenated alkanes) is 15. The molecular formula is C24H48. The Bertz CT molecular complexity index is 208. The van der Waals surface area contributed by atoms with Gasteiger partial charge in [0.15, 0.2) is 0 Å². The highest BCUT2D eigenvalue weighted by molar-refractivity contribution is 4.59. The topological polar surface area (TPSA) is 0 Å². The molecule has 24 heavy (non-hydrogen) atoms. The minimum atomic E-state index is 0.998. The molecule has 0 heterocycles. The quantitative estimate of drug-likeness (QED) is 0.194. The highest BCUT2D eigenvalue weighted by atomic mass is 14.1. The maximum absolute atomic E-state index is 3.94. The average Bonchev–Trinajstić information content (AvgIpc) is 2.60. The zero-order valence-electron chi connectivity index (χ0n) is 17.1. The molecule has 0 rings (SSSR count). The van der Waals surface area contributed by atoms with Crippen LogP contribution >= 0.6 is 0 Å². The molecule has 0 saturated heterocycles. The van der Waals surface area contributed by atoms with Crippen molar-refractivity contribution in [1.29, 1.82) is 0 Å². The summed E-state index contributed by atoms with van der Waals surface area (Å²) in [6, 6.07) is 0. The molecule has 144 valence electrons. The number of rotatable bonds is 20. The van der Waals surface area contributed by atoms with Crippen molar-refractivity contribution in [2.45, 2.75) is 135 Å². The van der Waals surface area contributed by atoms with E-state index in [1.807, 2.05) is 0 Å². The molecule has 0 aromatic carbocycles. The van der Waals surface area contributed by atoms with Crippen LogP contribution < -0.4 is 0 Å². The van der Waals surface area contributed by atoms with Gasteiger partial charge in [-0.1, -0.05) is 149 Å². The predicted octanol–water partition coefficient (Wildman–Crippen LogP) is 9.09. The van der Waals surface area contributed by atoms with E-state index < -0.39 is 0 Å². The van der Waals surface area contributed by atoms with E-state index in [0.29, 0.717) is 0 Å². The van der Waals surface area contributed by atoms with Crippen molar-refractivity contribution in [3.05, 3.63) is 13.8 Å². The van der Waals surface area contributed by atoms with Crippen molar-refractivity contribution in [3.63, 3.8) is 0 Å². The van der Waals surface area contributed by atoms with Crippen LogP contribution in [0.15, 0.2) is 0 Å². The van der Waals surface area contributed by atoms with Gasteiger partial charge in [0.2, 0.25) is 0 Å². The van der Waals surface area contributed by atoms with Crippen molar-refractivity contribution in [1.82, 2.24) is 0 Å². The fourth-order valence-corrected chi connectivity index (χ4v) is 3.72. The van der Waals surface area contributed by atoms with Gasteiger partial charge < -0.3 is 0 Å². The summed E-state index contributed by atoms with van der Waals surface area (Å²) in [7, 11) is 0. The van der Waals surface area contributed by atoms with E-state index in [0.717, 1.165) is 18.8 Å². The molecule has 0 heteroatoms. The third kappa shape index (κ3) is 18.3. The molecule has 0 aliphatic heterocycles. The smallest absolute Gasteiger partial charge is 0.0417 e.